The molecule has 0 spiro atoms. The summed E-state index contributed by atoms with van der Waals surface area (Å²) >= 11 is 0. The van der Waals surface area contributed by atoms with Crippen molar-refractivity contribution in [3.8, 4) is 5.75 Å². The molecule has 4 nitrogen and oxygen atoms in total. The maximum absolute atomic E-state index is 12.4. The van der Waals surface area contributed by atoms with Crippen LogP contribution in [0, 0.1) is 0 Å². The molecule has 0 saturated heterocycles. The molecule has 0 aliphatic heterocycles. The van der Waals surface area contributed by atoms with Crippen LogP contribution in [0.3, 0.4) is 0 Å². The summed E-state index contributed by atoms with van der Waals surface area (Å²) in [6, 6.07) is 13.3. The number of nitrogens with one attached hydrogen (secondary N) is 1. The van der Waals surface area contributed by atoms with Gasteiger partial charge in [-0.05, 0) is 50.2 Å². The van der Waals surface area contributed by atoms with Crippen molar-refractivity contribution in [2.45, 2.75) is 20.5 Å². The van der Waals surface area contributed by atoms with Crippen LogP contribution in [0.15, 0.2) is 48.5 Å². The molecule has 2 aromatic carbocycles. The van der Waals surface area contributed by atoms with E-state index in [0.29, 0.717) is 5.69 Å². The quantitative estimate of drug-likeness (QED) is 0.817. The highest BCUT2D eigenvalue weighted by Crippen LogP contribution is 2.23. The Bertz CT molecular complexity index is 671. The van der Waals surface area contributed by atoms with E-state index in [4.69, 9.17) is 0 Å². The number of carbonyl (C=O) groups is 1. The Labute approximate surface area is 140 Å². The number of benzene rings is 2. The molecule has 0 aromatic heterocycles. The van der Waals surface area contributed by atoms with Gasteiger partial charge in [-0.3, -0.25) is 4.79 Å². The zero-order chi connectivity index (χ0) is 17.5. The second-order valence-electron chi connectivity index (χ2n) is 5.05. The Hall–Kier alpha value is -2.63. The number of halogens is 2. The Morgan fingerprint density at radius 1 is 1.08 bits per heavy atom. The van der Waals surface area contributed by atoms with Gasteiger partial charge in [0.25, 0.3) is 5.91 Å². The van der Waals surface area contributed by atoms with E-state index in [1.54, 1.807) is 18.2 Å². The molecular formula is C18H20F2N2O2. The van der Waals surface area contributed by atoms with Crippen LogP contribution in [-0.4, -0.2) is 25.6 Å². The van der Waals surface area contributed by atoms with Gasteiger partial charge in [-0.25, -0.2) is 0 Å². The van der Waals surface area contributed by atoms with Crippen molar-refractivity contribution < 1.29 is 18.3 Å². The molecule has 6 heteroatoms. The highest BCUT2D eigenvalue weighted by molar-refractivity contribution is 6.06. The molecule has 0 radical (unpaired) electrons. The fourth-order valence-corrected chi connectivity index (χ4v) is 2.40. The van der Waals surface area contributed by atoms with Gasteiger partial charge in [0.1, 0.15) is 5.75 Å². The monoisotopic (exact) mass is 334 g/mol. The average molecular weight is 334 g/mol. The summed E-state index contributed by atoms with van der Waals surface area (Å²) < 4.78 is 29.2. The zero-order valence-corrected chi connectivity index (χ0v) is 13.6. The van der Waals surface area contributed by atoms with Gasteiger partial charge in [0.05, 0.1) is 5.56 Å². The smallest absolute Gasteiger partial charge is 0.387 e. The highest BCUT2D eigenvalue weighted by Gasteiger charge is 2.15. The van der Waals surface area contributed by atoms with Gasteiger partial charge in [0, 0.05) is 24.5 Å². The molecule has 24 heavy (non-hydrogen) atoms. The van der Waals surface area contributed by atoms with Crippen molar-refractivity contribution in [2.24, 2.45) is 0 Å². The van der Waals surface area contributed by atoms with Crippen LogP contribution in [-0.2, 0) is 0 Å². The molecule has 0 bridgehead atoms. The fourth-order valence-electron chi connectivity index (χ4n) is 2.40. The van der Waals surface area contributed by atoms with Gasteiger partial charge in [0.2, 0.25) is 0 Å². The number of hydrogen-bond acceptors (Lipinski definition) is 3. The molecule has 0 unspecified atom stereocenters. The molecule has 2 aromatic rings. The van der Waals surface area contributed by atoms with Crippen molar-refractivity contribution in [1.82, 2.24) is 0 Å². The number of anilines is 2. The third-order valence-corrected chi connectivity index (χ3v) is 3.60. The summed E-state index contributed by atoms with van der Waals surface area (Å²) in [6.45, 7) is 2.94. The van der Waals surface area contributed by atoms with Crippen molar-refractivity contribution in [2.75, 3.05) is 23.3 Å². The molecular weight excluding hydrogens is 314 g/mol. The fraction of sp³-hybridized carbons (Fsp3) is 0.278. The number of amides is 1. The standard InChI is InChI=1S/C18H20F2N2O2/c1-3-22(4-2)14-11-9-13(10-12-14)21-17(23)15-7-5-6-8-16(15)24-18(19)20/h5-12,18H,3-4H2,1-2H3,(H,21,23). The first kappa shape index (κ1) is 17.7. The number of para-hydroxylation sites is 1. The van der Waals surface area contributed by atoms with Crippen LogP contribution >= 0.6 is 0 Å². The second-order valence-corrected chi connectivity index (χ2v) is 5.05. The van der Waals surface area contributed by atoms with Gasteiger partial charge in [0.15, 0.2) is 0 Å². The minimum Gasteiger partial charge on any atom is -0.434 e. The van der Waals surface area contributed by atoms with Crippen molar-refractivity contribution >= 4 is 17.3 Å². The number of nitrogens with zero attached hydrogens (tertiary/aromatic N) is 1. The van der Waals surface area contributed by atoms with E-state index in [1.807, 2.05) is 12.1 Å². The average Bonchev–Trinajstić information content (AvgIpc) is 2.57. The van der Waals surface area contributed by atoms with Crippen LogP contribution < -0.4 is 15.0 Å². The lowest BCUT2D eigenvalue weighted by Gasteiger charge is -2.21. The topological polar surface area (TPSA) is 41.6 Å². The van der Waals surface area contributed by atoms with E-state index in [2.05, 4.69) is 28.8 Å². The number of hydrogen-bond donors (Lipinski definition) is 1. The Morgan fingerprint density at radius 2 is 1.71 bits per heavy atom. The van der Waals surface area contributed by atoms with E-state index in [0.717, 1.165) is 18.8 Å². The number of carbonyl (C=O) groups excluding carboxylic acids is 1. The molecule has 0 heterocycles. The first-order chi connectivity index (χ1) is 11.5. The Balaban J connectivity index is 2.13. The van der Waals surface area contributed by atoms with Crippen LogP contribution in [0.1, 0.15) is 24.2 Å². The maximum atomic E-state index is 12.4. The van der Waals surface area contributed by atoms with E-state index in [-0.39, 0.29) is 11.3 Å². The first-order valence-electron chi connectivity index (χ1n) is 7.75. The number of rotatable bonds is 7. The molecule has 2 rings (SSSR count). The van der Waals surface area contributed by atoms with Crippen molar-refractivity contribution in [3.63, 3.8) is 0 Å². The van der Waals surface area contributed by atoms with Gasteiger partial charge in [-0.1, -0.05) is 12.1 Å². The molecule has 0 atom stereocenters. The number of ether oxygens (including phenoxy) is 1. The third-order valence-electron chi connectivity index (χ3n) is 3.60. The summed E-state index contributed by atoms with van der Waals surface area (Å²) in [6.07, 6.45) is 0. The number of alkyl halides is 2. The lowest BCUT2D eigenvalue weighted by molar-refractivity contribution is -0.0501. The zero-order valence-electron chi connectivity index (χ0n) is 13.6. The van der Waals surface area contributed by atoms with E-state index in [1.165, 1.54) is 18.2 Å². The van der Waals surface area contributed by atoms with Crippen LogP contribution in [0.25, 0.3) is 0 Å². The molecule has 1 N–H and O–H groups in total. The summed E-state index contributed by atoms with van der Waals surface area (Å²) in [5.41, 5.74) is 1.70. The van der Waals surface area contributed by atoms with Crippen molar-refractivity contribution in [1.29, 1.82) is 0 Å². The van der Waals surface area contributed by atoms with Gasteiger partial charge >= 0.3 is 6.61 Å². The summed E-state index contributed by atoms with van der Waals surface area (Å²) in [7, 11) is 0. The molecule has 128 valence electrons. The van der Waals surface area contributed by atoms with Crippen molar-refractivity contribution in [3.05, 3.63) is 54.1 Å². The lowest BCUT2D eigenvalue weighted by atomic mass is 10.1. The predicted molar refractivity (Wildman–Crippen MR) is 91.0 cm³/mol. The van der Waals surface area contributed by atoms with Crippen LogP contribution in [0.2, 0.25) is 0 Å². The SMILES string of the molecule is CCN(CC)c1ccc(NC(=O)c2ccccc2OC(F)F)cc1. The first-order valence-corrected chi connectivity index (χ1v) is 7.75. The minimum atomic E-state index is -2.98. The van der Waals surface area contributed by atoms with Crippen LogP contribution in [0.4, 0.5) is 20.2 Å². The second kappa shape index (κ2) is 8.29. The summed E-state index contributed by atoms with van der Waals surface area (Å²) in [5.74, 6) is -0.647. The molecule has 0 aliphatic carbocycles. The Kier molecular flexibility index (Phi) is 6.12. The molecule has 0 aliphatic rings. The molecule has 1 amide bonds. The summed E-state index contributed by atoms with van der Waals surface area (Å²) in [5, 5.41) is 2.69. The van der Waals surface area contributed by atoms with E-state index in [9.17, 15) is 13.6 Å². The van der Waals surface area contributed by atoms with E-state index < -0.39 is 12.5 Å². The van der Waals surface area contributed by atoms with Crippen LogP contribution in [0.5, 0.6) is 5.75 Å². The van der Waals surface area contributed by atoms with E-state index >= 15 is 0 Å². The molecule has 0 fully saturated rings. The van der Waals surface area contributed by atoms with Gasteiger partial charge in [-0.2, -0.15) is 8.78 Å². The van der Waals surface area contributed by atoms with Gasteiger partial charge < -0.3 is 15.0 Å². The highest BCUT2D eigenvalue weighted by atomic mass is 19.3. The lowest BCUT2D eigenvalue weighted by Crippen LogP contribution is -2.21. The minimum absolute atomic E-state index is 0.0608. The Morgan fingerprint density at radius 3 is 2.29 bits per heavy atom. The predicted octanol–water partition coefficient (Wildman–Crippen LogP) is 4.39. The molecule has 0 saturated carbocycles. The normalized spacial score (nSPS) is 10.5. The maximum Gasteiger partial charge on any atom is 0.387 e. The third kappa shape index (κ3) is 4.44. The summed E-state index contributed by atoms with van der Waals surface area (Å²) in [4.78, 5) is 14.5. The van der Waals surface area contributed by atoms with Gasteiger partial charge in [-0.15, -0.1) is 0 Å². The largest absolute Gasteiger partial charge is 0.434 e.